The van der Waals surface area contributed by atoms with Crippen molar-refractivity contribution in [2.75, 3.05) is 24.3 Å². The molecule has 0 bridgehead atoms. The number of alkyl halides is 3. The highest BCUT2D eigenvalue weighted by Gasteiger charge is 2.42. The predicted octanol–water partition coefficient (Wildman–Crippen LogP) is 5.90. The Bertz CT molecular complexity index is 1080. The van der Waals surface area contributed by atoms with Crippen LogP contribution in [0.5, 0.6) is 0 Å². The normalized spacial score (nSPS) is 18.9. The van der Waals surface area contributed by atoms with E-state index in [0.29, 0.717) is 25.1 Å². The summed E-state index contributed by atoms with van der Waals surface area (Å²) in [6.07, 6.45) is -3.51. The fourth-order valence-corrected chi connectivity index (χ4v) is 4.72. The van der Waals surface area contributed by atoms with Gasteiger partial charge < -0.3 is 15.5 Å². The number of hydrogen-bond acceptors (Lipinski definition) is 5. The Kier molecular flexibility index (Phi) is 8.42. The molecule has 1 aliphatic rings. The lowest BCUT2D eigenvalue weighted by molar-refractivity contribution is -0.383. The Morgan fingerprint density at radius 3 is 2.31 bits per heavy atom. The van der Waals surface area contributed by atoms with Crippen molar-refractivity contribution in [3.05, 3.63) is 63.5 Å². The Labute approximate surface area is 207 Å². The molecule has 196 valence electrons. The fraction of sp³-hybridized carbons (Fsp3) is 0.480. The van der Waals surface area contributed by atoms with Crippen molar-refractivity contribution >= 4 is 23.0 Å². The molecule has 0 radical (unpaired) electrons. The number of anilines is 2. The summed E-state index contributed by atoms with van der Waals surface area (Å²) in [4.78, 5) is 26.1. The number of nitrogens with one attached hydrogen (secondary N) is 2. The fourth-order valence-electron chi connectivity index (χ4n) is 4.72. The summed E-state index contributed by atoms with van der Waals surface area (Å²) in [7, 11) is 3.24. The van der Waals surface area contributed by atoms with Crippen LogP contribution in [0.3, 0.4) is 0 Å². The van der Waals surface area contributed by atoms with E-state index in [9.17, 15) is 32.5 Å². The minimum atomic E-state index is -4.21. The first-order valence-corrected chi connectivity index (χ1v) is 11.7. The number of carbonyl (C=O) groups is 1. The molecule has 2 N–H and O–H groups in total. The largest absolute Gasteiger partial charge is 0.391 e. The number of hydrogen-bond donors (Lipinski definition) is 2. The Morgan fingerprint density at radius 1 is 1.17 bits per heavy atom. The second kappa shape index (κ2) is 11.1. The lowest BCUT2D eigenvalue weighted by atomic mass is 9.78. The molecule has 0 saturated heterocycles. The van der Waals surface area contributed by atoms with E-state index in [1.54, 1.807) is 31.0 Å². The van der Waals surface area contributed by atoms with Gasteiger partial charge in [0.2, 0.25) is 0 Å². The van der Waals surface area contributed by atoms with Crippen molar-refractivity contribution in [2.24, 2.45) is 11.8 Å². The number of nitro benzene ring substituents is 1. The zero-order valence-corrected chi connectivity index (χ0v) is 20.4. The van der Waals surface area contributed by atoms with Gasteiger partial charge in [0.25, 0.3) is 11.6 Å². The van der Waals surface area contributed by atoms with Crippen LogP contribution in [0.2, 0.25) is 0 Å². The first kappa shape index (κ1) is 27.2. The molecule has 0 aromatic heterocycles. The summed E-state index contributed by atoms with van der Waals surface area (Å²) in [5.74, 6) is -2.38. The van der Waals surface area contributed by atoms with Gasteiger partial charge in [-0.05, 0) is 62.3 Å². The summed E-state index contributed by atoms with van der Waals surface area (Å²) in [6, 6.07) is 8.15. The zero-order chi connectivity index (χ0) is 26.6. The van der Waals surface area contributed by atoms with Crippen LogP contribution < -0.4 is 15.5 Å². The van der Waals surface area contributed by atoms with E-state index >= 15 is 0 Å². The quantitative estimate of drug-likeness (QED) is 0.262. The number of nitro groups is 1. The predicted molar refractivity (Wildman–Crippen MR) is 130 cm³/mol. The first-order chi connectivity index (χ1) is 16.9. The molecule has 2 aromatic carbocycles. The van der Waals surface area contributed by atoms with E-state index in [4.69, 9.17) is 0 Å². The molecule has 1 atom stereocenters. The smallest absolute Gasteiger partial charge is 0.383 e. The van der Waals surface area contributed by atoms with Gasteiger partial charge in [-0.25, -0.2) is 4.39 Å². The van der Waals surface area contributed by atoms with Gasteiger partial charge in [0.1, 0.15) is 11.5 Å². The first-order valence-electron chi connectivity index (χ1n) is 11.7. The molecule has 1 fully saturated rings. The van der Waals surface area contributed by atoms with Crippen LogP contribution >= 0.6 is 0 Å². The Hall–Kier alpha value is -3.37. The van der Waals surface area contributed by atoms with Gasteiger partial charge in [-0.3, -0.25) is 14.9 Å². The number of amides is 1. The third-order valence-electron chi connectivity index (χ3n) is 6.87. The van der Waals surface area contributed by atoms with Crippen molar-refractivity contribution in [3.8, 4) is 0 Å². The van der Waals surface area contributed by atoms with E-state index in [1.807, 2.05) is 0 Å². The summed E-state index contributed by atoms with van der Waals surface area (Å²) in [6.45, 7) is 2.05. The van der Waals surface area contributed by atoms with Crippen LogP contribution in [0.15, 0.2) is 36.4 Å². The molecule has 11 heteroatoms. The molecule has 2 aromatic rings. The number of benzene rings is 2. The van der Waals surface area contributed by atoms with Gasteiger partial charge in [-0.2, -0.15) is 13.2 Å². The molecular weight excluding hydrogens is 480 g/mol. The van der Waals surface area contributed by atoms with Crippen molar-refractivity contribution in [1.29, 1.82) is 0 Å². The second-order valence-electron chi connectivity index (χ2n) is 9.29. The average molecular weight is 511 g/mol. The molecule has 0 unspecified atom stereocenters. The minimum absolute atomic E-state index is 0.0162. The summed E-state index contributed by atoms with van der Waals surface area (Å²) < 4.78 is 52.3. The highest BCUT2D eigenvalue weighted by atomic mass is 19.4. The maximum Gasteiger partial charge on any atom is 0.391 e. The lowest BCUT2D eigenvalue weighted by Crippen LogP contribution is -2.41. The Balaban J connectivity index is 1.84. The van der Waals surface area contributed by atoms with Crippen LogP contribution in [-0.2, 0) is 6.54 Å². The summed E-state index contributed by atoms with van der Waals surface area (Å²) in [5.41, 5.74) is 1.20. The number of halogens is 4. The van der Waals surface area contributed by atoms with Gasteiger partial charge in [0.15, 0.2) is 0 Å². The van der Waals surface area contributed by atoms with Crippen molar-refractivity contribution < 1.29 is 27.3 Å². The van der Waals surface area contributed by atoms with Crippen LogP contribution in [-0.4, -0.2) is 37.1 Å². The van der Waals surface area contributed by atoms with E-state index in [-0.39, 0.29) is 41.5 Å². The third-order valence-corrected chi connectivity index (χ3v) is 6.87. The number of nitrogens with zero attached hydrogens (tertiary/aromatic N) is 2. The molecule has 0 heterocycles. The highest BCUT2D eigenvalue weighted by Crippen LogP contribution is 2.40. The van der Waals surface area contributed by atoms with Crippen LogP contribution in [0.25, 0.3) is 0 Å². The molecule has 1 saturated carbocycles. The van der Waals surface area contributed by atoms with Gasteiger partial charge in [-0.1, -0.05) is 12.1 Å². The zero-order valence-electron chi connectivity index (χ0n) is 20.4. The van der Waals surface area contributed by atoms with Crippen LogP contribution in [0.1, 0.15) is 48.5 Å². The van der Waals surface area contributed by atoms with E-state index in [0.717, 1.165) is 5.56 Å². The highest BCUT2D eigenvalue weighted by molar-refractivity contribution is 6.02. The maximum atomic E-state index is 13.3. The second-order valence-corrected chi connectivity index (χ2v) is 9.29. The molecule has 3 rings (SSSR count). The maximum absolute atomic E-state index is 13.3. The summed E-state index contributed by atoms with van der Waals surface area (Å²) in [5, 5.41) is 17.3. The van der Waals surface area contributed by atoms with E-state index in [1.165, 1.54) is 31.3 Å². The van der Waals surface area contributed by atoms with E-state index in [2.05, 4.69) is 10.6 Å². The van der Waals surface area contributed by atoms with Crippen LogP contribution in [0, 0.1) is 27.8 Å². The topological polar surface area (TPSA) is 87.5 Å². The van der Waals surface area contributed by atoms with Crippen molar-refractivity contribution in [1.82, 2.24) is 5.32 Å². The van der Waals surface area contributed by atoms with Crippen molar-refractivity contribution in [2.45, 2.75) is 51.4 Å². The van der Waals surface area contributed by atoms with Gasteiger partial charge in [-0.15, -0.1) is 0 Å². The lowest BCUT2D eigenvalue weighted by Gasteiger charge is -2.33. The molecule has 0 spiro atoms. The summed E-state index contributed by atoms with van der Waals surface area (Å²) >= 11 is 0. The third kappa shape index (κ3) is 6.44. The van der Waals surface area contributed by atoms with Crippen molar-refractivity contribution in [3.63, 3.8) is 0 Å². The molecule has 0 aliphatic heterocycles. The Morgan fingerprint density at radius 2 is 1.78 bits per heavy atom. The number of rotatable bonds is 8. The molecule has 1 aliphatic carbocycles. The van der Waals surface area contributed by atoms with Gasteiger partial charge in [0, 0.05) is 32.7 Å². The van der Waals surface area contributed by atoms with Crippen LogP contribution in [0.4, 0.5) is 34.6 Å². The van der Waals surface area contributed by atoms with Gasteiger partial charge >= 0.3 is 6.18 Å². The SMILES string of the molecule is CNc1cc(N(C)Cc2ccc(F)cc2)c(C(=O)N[C@H](C)C2CCC(C(F)(F)F)CC2)cc1[N+](=O)[O-]. The number of carbonyl (C=O) groups excluding carboxylic acids is 1. The van der Waals surface area contributed by atoms with E-state index < -0.39 is 29.0 Å². The van der Waals surface area contributed by atoms with Gasteiger partial charge in [0.05, 0.1) is 22.1 Å². The molecular formula is C25H30F4N4O3. The molecule has 7 nitrogen and oxygen atoms in total. The average Bonchev–Trinajstić information content (AvgIpc) is 2.83. The molecule has 1 amide bonds. The monoisotopic (exact) mass is 510 g/mol. The minimum Gasteiger partial charge on any atom is -0.383 e. The molecule has 36 heavy (non-hydrogen) atoms. The standard InChI is InChI=1S/C25H30F4N4O3/c1-15(17-6-8-18(9-7-17)25(27,28)29)31-24(34)20-12-23(33(35)36)21(30-2)13-22(20)32(3)14-16-4-10-19(26)11-5-16/h4-5,10-13,15,17-18,30H,6-9,14H2,1-3H3,(H,31,34)/t15-,17?,18?/m1/s1.